The zero-order valence-electron chi connectivity index (χ0n) is 16.2. The van der Waals surface area contributed by atoms with E-state index in [0.29, 0.717) is 32.5 Å². The number of hydrogen-bond donors (Lipinski definition) is 1. The van der Waals surface area contributed by atoms with Crippen LogP contribution in [0.1, 0.15) is 36.6 Å². The average Bonchev–Trinajstić information content (AvgIpc) is 3.26. The third kappa shape index (κ3) is 3.41. The van der Waals surface area contributed by atoms with E-state index in [1.165, 1.54) is 6.42 Å². The molecule has 0 saturated heterocycles. The van der Waals surface area contributed by atoms with Crippen LogP contribution < -0.4 is 0 Å². The molecule has 1 aliphatic carbocycles. The van der Waals surface area contributed by atoms with E-state index in [-0.39, 0.29) is 0 Å². The summed E-state index contributed by atoms with van der Waals surface area (Å²) in [5.41, 5.74) is 4.28. The molecule has 152 valence electrons. The number of rotatable bonds is 4. The van der Waals surface area contributed by atoms with Crippen LogP contribution >= 0.6 is 34.8 Å². The monoisotopic (exact) mass is 457 g/mol. The fraction of sp³-hybridized carbons (Fsp3) is 0.227. The lowest BCUT2D eigenvalue weighted by Gasteiger charge is -2.22. The van der Waals surface area contributed by atoms with Crippen molar-refractivity contribution in [3.05, 3.63) is 68.9 Å². The van der Waals surface area contributed by atoms with Gasteiger partial charge in [0.25, 0.3) is 0 Å². The molecule has 0 spiro atoms. The molecule has 1 saturated carbocycles. The molecule has 1 N–H and O–H groups in total. The molecule has 0 atom stereocenters. The van der Waals surface area contributed by atoms with Gasteiger partial charge in [-0.1, -0.05) is 53.4 Å². The van der Waals surface area contributed by atoms with Crippen molar-refractivity contribution in [1.82, 2.24) is 25.0 Å². The number of hydrogen-bond acceptors (Lipinski definition) is 3. The zero-order chi connectivity index (χ0) is 20.8. The maximum Gasteiger partial charge on any atom is 0.201 e. The van der Waals surface area contributed by atoms with E-state index >= 15 is 0 Å². The van der Waals surface area contributed by atoms with Crippen LogP contribution in [0.5, 0.6) is 0 Å². The number of aromatic amines is 1. The van der Waals surface area contributed by atoms with E-state index in [0.717, 1.165) is 41.2 Å². The standard InChI is InChI=1S/C22H18Cl3N5/c1-12-19(22-26-21(27-28-22)14-3-2-4-14)29-30(18-10-9-16(24)11-17(18)25)20(12)13-5-7-15(23)8-6-13/h5-11,14H,2-4H2,1H3,(H,26,27,28). The van der Waals surface area contributed by atoms with E-state index in [1.807, 2.05) is 41.9 Å². The minimum absolute atomic E-state index is 0.468. The van der Waals surface area contributed by atoms with E-state index in [4.69, 9.17) is 44.9 Å². The summed E-state index contributed by atoms with van der Waals surface area (Å²) in [5.74, 6) is 1.99. The molecule has 2 aromatic heterocycles. The topological polar surface area (TPSA) is 59.4 Å². The van der Waals surface area contributed by atoms with Gasteiger partial charge >= 0.3 is 0 Å². The summed E-state index contributed by atoms with van der Waals surface area (Å²) in [6.45, 7) is 2.02. The molecule has 1 aliphatic rings. The van der Waals surface area contributed by atoms with Gasteiger partial charge in [0.2, 0.25) is 5.82 Å². The zero-order valence-corrected chi connectivity index (χ0v) is 18.4. The summed E-state index contributed by atoms with van der Waals surface area (Å²) >= 11 is 18.7. The molecular formula is C22H18Cl3N5. The second kappa shape index (κ2) is 7.73. The highest BCUT2D eigenvalue weighted by atomic mass is 35.5. The summed E-state index contributed by atoms with van der Waals surface area (Å²) in [6.07, 6.45) is 3.54. The summed E-state index contributed by atoms with van der Waals surface area (Å²) in [4.78, 5) is 4.74. The van der Waals surface area contributed by atoms with E-state index in [1.54, 1.807) is 12.1 Å². The number of aromatic nitrogens is 5. The Labute approximate surface area is 189 Å². The molecule has 2 aromatic carbocycles. The Morgan fingerprint density at radius 2 is 1.73 bits per heavy atom. The Balaban J connectivity index is 1.69. The molecule has 0 amide bonds. The SMILES string of the molecule is Cc1c(-c2n[nH]c(C3CCC3)n2)nn(-c2ccc(Cl)cc2Cl)c1-c1ccc(Cl)cc1. The molecule has 0 unspecified atom stereocenters. The Kier molecular flexibility index (Phi) is 5.05. The van der Waals surface area contributed by atoms with Crippen LogP contribution in [-0.2, 0) is 0 Å². The van der Waals surface area contributed by atoms with E-state index in [9.17, 15) is 0 Å². The number of nitrogens with one attached hydrogen (secondary N) is 1. The Hall–Kier alpha value is -2.34. The first kappa shape index (κ1) is 19.6. The maximum absolute atomic E-state index is 6.52. The molecule has 30 heavy (non-hydrogen) atoms. The van der Waals surface area contributed by atoms with Gasteiger partial charge in [-0.2, -0.15) is 10.2 Å². The number of H-pyrrole nitrogens is 1. The second-order valence-electron chi connectivity index (χ2n) is 7.51. The fourth-order valence-corrected chi connectivity index (χ4v) is 4.34. The molecule has 2 heterocycles. The molecule has 4 aromatic rings. The summed E-state index contributed by atoms with van der Waals surface area (Å²) in [5, 5.41) is 14.2. The minimum Gasteiger partial charge on any atom is -0.262 e. The Morgan fingerprint density at radius 1 is 1.00 bits per heavy atom. The van der Waals surface area contributed by atoms with Crippen LogP contribution in [0.3, 0.4) is 0 Å². The van der Waals surface area contributed by atoms with Crippen molar-refractivity contribution in [3.63, 3.8) is 0 Å². The van der Waals surface area contributed by atoms with Gasteiger partial charge in [0.05, 0.1) is 16.4 Å². The van der Waals surface area contributed by atoms with Crippen LogP contribution in [0.2, 0.25) is 15.1 Å². The molecule has 5 nitrogen and oxygen atoms in total. The highest BCUT2D eigenvalue weighted by Crippen LogP contribution is 2.37. The summed E-state index contributed by atoms with van der Waals surface area (Å²) in [7, 11) is 0. The van der Waals surface area contributed by atoms with Crippen molar-refractivity contribution in [2.45, 2.75) is 32.1 Å². The van der Waals surface area contributed by atoms with Crippen LogP contribution in [-0.4, -0.2) is 25.0 Å². The van der Waals surface area contributed by atoms with Gasteiger partial charge in [0.1, 0.15) is 11.5 Å². The highest BCUT2D eigenvalue weighted by molar-refractivity contribution is 6.35. The predicted octanol–water partition coefficient (Wildman–Crippen LogP) is 6.86. The number of nitrogens with zero attached hydrogens (tertiary/aromatic N) is 4. The maximum atomic E-state index is 6.52. The average molecular weight is 459 g/mol. The quantitative estimate of drug-likeness (QED) is 0.363. The highest BCUT2D eigenvalue weighted by Gasteiger charge is 2.26. The van der Waals surface area contributed by atoms with E-state index in [2.05, 4.69) is 10.2 Å². The molecular weight excluding hydrogens is 441 g/mol. The molecule has 0 aliphatic heterocycles. The summed E-state index contributed by atoms with van der Waals surface area (Å²) < 4.78 is 1.83. The second-order valence-corrected chi connectivity index (χ2v) is 8.79. The molecule has 5 rings (SSSR count). The van der Waals surface area contributed by atoms with E-state index < -0.39 is 0 Å². The van der Waals surface area contributed by atoms with Gasteiger partial charge < -0.3 is 0 Å². The Morgan fingerprint density at radius 3 is 2.40 bits per heavy atom. The van der Waals surface area contributed by atoms with Crippen LogP contribution in [0.4, 0.5) is 0 Å². The van der Waals surface area contributed by atoms with Crippen molar-refractivity contribution in [1.29, 1.82) is 0 Å². The number of halogens is 3. The van der Waals surface area contributed by atoms with Gasteiger partial charge in [-0.15, -0.1) is 0 Å². The van der Waals surface area contributed by atoms with Crippen LogP contribution in [0.15, 0.2) is 42.5 Å². The van der Waals surface area contributed by atoms with Gasteiger partial charge in [-0.3, -0.25) is 5.10 Å². The largest absolute Gasteiger partial charge is 0.262 e. The fourth-order valence-electron chi connectivity index (χ4n) is 3.73. The lowest BCUT2D eigenvalue weighted by Crippen LogP contribution is -2.10. The summed E-state index contributed by atoms with van der Waals surface area (Å²) in [6, 6.07) is 13.0. The van der Waals surface area contributed by atoms with Crippen LogP contribution in [0.25, 0.3) is 28.5 Å². The van der Waals surface area contributed by atoms with Gasteiger partial charge in [-0.25, -0.2) is 9.67 Å². The lowest BCUT2D eigenvalue weighted by atomic mass is 9.85. The lowest BCUT2D eigenvalue weighted by molar-refractivity contribution is 0.402. The molecule has 1 fully saturated rings. The van der Waals surface area contributed by atoms with Crippen molar-refractivity contribution in [2.24, 2.45) is 0 Å². The van der Waals surface area contributed by atoms with Crippen molar-refractivity contribution < 1.29 is 0 Å². The van der Waals surface area contributed by atoms with Gasteiger partial charge in [0.15, 0.2) is 0 Å². The molecule has 0 bridgehead atoms. The smallest absolute Gasteiger partial charge is 0.201 e. The first-order valence-corrected chi connectivity index (χ1v) is 10.9. The Bertz CT molecular complexity index is 1220. The normalized spacial score (nSPS) is 14.1. The molecule has 0 radical (unpaired) electrons. The van der Waals surface area contributed by atoms with Gasteiger partial charge in [0, 0.05) is 27.1 Å². The predicted molar refractivity (Wildman–Crippen MR) is 121 cm³/mol. The van der Waals surface area contributed by atoms with Crippen molar-refractivity contribution in [2.75, 3.05) is 0 Å². The van der Waals surface area contributed by atoms with Crippen LogP contribution in [0, 0.1) is 6.92 Å². The third-order valence-corrected chi connectivity index (χ3v) is 6.37. The third-order valence-electron chi connectivity index (χ3n) is 5.58. The first-order chi connectivity index (χ1) is 14.5. The minimum atomic E-state index is 0.468. The van der Waals surface area contributed by atoms with Gasteiger partial charge in [-0.05, 0) is 50.1 Å². The van der Waals surface area contributed by atoms with Crippen molar-refractivity contribution in [3.8, 4) is 28.5 Å². The molecule has 8 heteroatoms. The first-order valence-electron chi connectivity index (χ1n) is 9.75. The number of benzene rings is 2. The van der Waals surface area contributed by atoms with Crippen molar-refractivity contribution >= 4 is 34.8 Å².